The predicted octanol–water partition coefficient (Wildman–Crippen LogP) is 5.36. The first-order valence-electron chi connectivity index (χ1n) is 13.2. The van der Waals surface area contributed by atoms with E-state index in [2.05, 4.69) is 29.6 Å². The maximum absolute atomic E-state index is 12.9. The second-order valence-electron chi connectivity index (χ2n) is 11.2. The van der Waals surface area contributed by atoms with Crippen molar-refractivity contribution in [2.45, 2.75) is 57.3 Å². The van der Waals surface area contributed by atoms with E-state index in [1.54, 1.807) is 0 Å². The highest BCUT2D eigenvalue weighted by Crippen LogP contribution is 2.43. The summed E-state index contributed by atoms with van der Waals surface area (Å²) in [6.07, 6.45) is 2.96. The van der Waals surface area contributed by atoms with Crippen molar-refractivity contribution in [3.8, 4) is 5.69 Å². The molecule has 3 aromatic carbocycles. The van der Waals surface area contributed by atoms with Gasteiger partial charge >= 0.3 is 0 Å². The highest BCUT2D eigenvalue weighted by Gasteiger charge is 2.46. The molecule has 0 aliphatic carbocycles. The van der Waals surface area contributed by atoms with E-state index in [-0.39, 0.29) is 35.5 Å². The quantitative estimate of drug-likeness (QED) is 0.403. The predicted molar refractivity (Wildman–Crippen MR) is 146 cm³/mol. The van der Waals surface area contributed by atoms with Crippen LogP contribution < -0.4 is 5.32 Å². The van der Waals surface area contributed by atoms with Crippen molar-refractivity contribution in [2.75, 3.05) is 6.61 Å². The van der Waals surface area contributed by atoms with Gasteiger partial charge in [-0.2, -0.15) is 5.10 Å². The average Bonchev–Trinajstić information content (AvgIpc) is 3.54. The van der Waals surface area contributed by atoms with Gasteiger partial charge in [0.25, 0.3) is 5.91 Å². The van der Waals surface area contributed by atoms with Gasteiger partial charge in [-0.3, -0.25) is 9.59 Å². The SMILES string of the molecule is CC(C)(C)NC(=O)c1cccc2cn(-c3ccc(C4CCC(=O)N5[C@@H]4OC[C@H]5c4ccccc4)cc3)nc12. The molecule has 1 unspecified atom stereocenters. The lowest BCUT2D eigenvalue weighted by atomic mass is 9.87. The third-order valence-corrected chi connectivity index (χ3v) is 7.38. The molecule has 6 rings (SSSR count). The molecule has 0 spiro atoms. The van der Waals surface area contributed by atoms with Crippen LogP contribution in [0.2, 0.25) is 0 Å². The van der Waals surface area contributed by atoms with Crippen LogP contribution in [0, 0.1) is 0 Å². The molecular weight excluding hydrogens is 476 g/mol. The molecular formula is C31H32N4O3. The minimum absolute atomic E-state index is 0.0445. The van der Waals surface area contributed by atoms with E-state index in [0.29, 0.717) is 24.1 Å². The standard InChI is InChI=1S/C31H32N4O3/c1-31(2,3)32-29(37)25-11-7-10-22-18-34(33-28(22)25)23-14-12-20(13-15-23)24-16-17-27(36)35-26(19-38-30(24)35)21-8-5-4-6-9-21/h4-15,18,24,26,30H,16-17,19H2,1-3H3,(H,32,37)/t24?,26-,30+/m0/s1. The minimum atomic E-state index is -0.332. The molecule has 4 aromatic rings. The van der Waals surface area contributed by atoms with E-state index in [0.717, 1.165) is 28.6 Å². The number of aromatic nitrogens is 2. The van der Waals surface area contributed by atoms with Crippen molar-refractivity contribution >= 4 is 22.7 Å². The van der Waals surface area contributed by atoms with E-state index in [4.69, 9.17) is 9.84 Å². The number of hydrogen-bond acceptors (Lipinski definition) is 4. The van der Waals surface area contributed by atoms with Crippen LogP contribution in [-0.2, 0) is 9.53 Å². The number of nitrogens with zero attached hydrogens (tertiary/aromatic N) is 3. The van der Waals surface area contributed by atoms with Crippen LogP contribution in [0.15, 0.2) is 79.0 Å². The first kappa shape index (κ1) is 24.4. The molecule has 0 bridgehead atoms. The summed E-state index contributed by atoms with van der Waals surface area (Å²) >= 11 is 0. The zero-order valence-corrected chi connectivity index (χ0v) is 21.9. The zero-order chi connectivity index (χ0) is 26.4. The van der Waals surface area contributed by atoms with Crippen LogP contribution in [0.1, 0.15) is 67.1 Å². The lowest BCUT2D eigenvalue weighted by Gasteiger charge is -2.38. The van der Waals surface area contributed by atoms with Gasteiger partial charge in [-0.25, -0.2) is 4.68 Å². The highest BCUT2D eigenvalue weighted by molar-refractivity contribution is 6.05. The van der Waals surface area contributed by atoms with Crippen molar-refractivity contribution in [1.82, 2.24) is 20.0 Å². The number of hydrogen-bond donors (Lipinski definition) is 1. The summed E-state index contributed by atoms with van der Waals surface area (Å²) in [5.74, 6) is 0.133. The molecule has 1 aromatic heterocycles. The minimum Gasteiger partial charge on any atom is -0.355 e. The Labute approximate surface area is 222 Å². The normalized spacial score (nSPS) is 21.5. The number of carbonyl (C=O) groups excluding carboxylic acids is 2. The van der Waals surface area contributed by atoms with Crippen molar-refractivity contribution in [2.24, 2.45) is 0 Å². The Morgan fingerprint density at radius 2 is 1.74 bits per heavy atom. The van der Waals surface area contributed by atoms with Gasteiger partial charge in [0.05, 0.1) is 23.9 Å². The number of fused-ring (bicyclic) bond motifs is 2. The van der Waals surface area contributed by atoms with Crippen molar-refractivity contribution in [3.63, 3.8) is 0 Å². The molecule has 3 atom stereocenters. The van der Waals surface area contributed by atoms with Crippen LogP contribution >= 0.6 is 0 Å². The summed E-state index contributed by atoms with van der Waals surface area (Å²) in [6.45, 7) is 6.40. The molecule has 2 fully saturated rings. The summed E-state index contributed by atoms with van der Waals surface area (Å²) < 4.78 is 8.05. The first-order chi connectivity index (χ1) is 18.3. The highest BCUT2D eigenvalue weighted by atomic mass is 16.5. The fourth-order valence-electron chi connectivity index (χ4n) is 5.61. The smallest absolute Gasteiger partial charge is 0.253 e. The molecule has 2 aliphatic heterocycles. The second-order valence-corrected chi connectivity index (χ2v) is 11.2. The Kier molecular flexibility index (Phi) is 6.03. The van der Waals surface area contributed by atoms with Gasteiger partial charge in [0.15, 0.2) is 0 Å². The number of nitrogens with one attached hydrogen (secondary N) is 1. The molecule has 1 N–H and O–H groups in total. The number of rotatable bonds is 4. The lowest BCUT2D eigenvalue weighted by Crippen LogP contribution is -2.45. The van der Waals surface area contributed by atoms with Gasteiger partial charge in [0.1, 0.15) is 11.7 Å². The van der Waals surface area contributed by atoms with Crippen LogP contribution in [0.3, 0.4) is 0 Å². The average molecular weight is 509 g/mol. The topological polar surface area (TPSA) is 76.5 Å². The monoisotopic (exact) mass is 508 g/mol. The van der Waals surface area contributed by atoms with Gasteiger partial charge in [-0.15, -0.1) is 0 Å². The maximum atomic E-state index is 12.9. The van der Waals surface area contributed by atoms with E-state index in [9.17, 15) is 9.59 Å². The summed E-state index contributed by atoms with van der Waals surface area (Å²) in [5.41, 5.74) is 4.07. The molecule has 0 saturated carbocycles. The molecule has 38 heavy (non-hydrogen) atoms. The maximum Gasteiger partial charge on any atom is 0.253 e. The fraction of sp³-hybridized carbons (Fsp3) is 0.323. The summed E-state index contributed by atoms with van der Waals surface area (Å²) in [7, 11) is 0. The number of amides is 2. The third kappa shape index (κ3) is 4.47. The third-order valence-electron chi connectivity index (χ3n) is 7.38. The summed E-state index contributed by atoms with van der Waals surface area (Å²) in [4.78, 5) is 27.7. The Hall–Kier alpha value is -3.97. The molecule has 0 radical (unpaired) electrons. The Balaban J connectivity index is 1.25. The van der Waals surface area contributed by atoms with Gasteiger partial charge in [-0.05, 0) is 56.5 Å². The molecule has 2 saturated heterocycles. The number of ether oxygens (including phenoxy) is 1. The number of piperidine rings is 1. The van der Waals surface area contributed by atoms with Crippen molar-refractivity contribution in [1.29, 1.82) is 0 Å². The first-order valence-corrected chi connectivity index (χ1v) is 13.2. The molecule has 194 valence electrons. The second kappa shape index (κ2) is 9.40. The van der Waals surface area contributed by atoms with E-state index >= 15 is 0 Å². The molecule has 2 aliphatic rings. The zero-order valence-electron chi connectivity index (χ0n) is 21.9. The molecule has 3 heterocycles. The molecule has 7 heteroatoms. The molecule has 7 nitrogen and oxygen atoms in total. The number of carbonyl (C=O) groups is 2. The van der Waals surface area contributed by atoms with Gasteiger partial charge < -0.3 is 15.0 Å². The van der Waals surface area contributed by atoms with Crippen molar-refractivity contribution in [3.05, 3.63) is 95.7 Å². The Bertz CT molecular complexity index is 1490. The Morgan fingerprint density at radius 3 is 2.47 bits per heavy atom. The summed E-state index contributed by atoms with van der Waals surface area (Å²) in [6, 6.07) is 24.0. The fourth-order valence-corrected chi connectivity index (χ4v) is 5.61. The molecule has 2 amide bonds. The van der Waals surface area contributed by atoms with Crippen LogP contribution in [-0.4, -0.2) is 44.9 Å². The Morgan fingerprint density at radius 1 is 0.974 bits per heavy atom. The van der Waals surface area contributed by atoms with E-state index < -0.39 is 0 Å². The van der Waals surface area contributed by atoms with Crippen LogP contribution in [0.5, 0.6) is 0 Å². The lowest BCUT2D eigenvalue weighted by molar-refractivity contribution is -0.144. The summed E-state index contributed by atoms with van der Waals surface area (Å²) in [5, 5.41) is 8.69. The van der Waals surface area contributed by atoms with Gasteiger partial charge in [0, 0.05) is 29.5 Å². The van der Waals surface area contributed by atoms with Crippen LogP contribution in [0.25, 0.3) is 16.6 Å². The van der Waals surface area contributed by atoms with Crippen molar-refractivity contribution < 1.29 is 14.3 Å². The van der Waals surface area contributed by atoms with Gasteiger partial charge in [-0.1, -0.05) is 54.6 Å². The van der Waals surface area contributed by atoms with E-state index in [1.165, 1.54) is 0 Å². The number of benzene rings is 3. The van der Waals surface area contributed by atoms with Gasteiger partial charge in [0.2, 0.25) is 5.91 Å². The largest absolute Gasteiger partial charge is 0.355 e. The van der Waals surface area contributed by atoms with Crippen LogP contribution in [0.4, 0.5) is 0 Å². The van der Waals surface area contributed by atoms with E-state index in [1.807, 2.05) is 85.1 Å².